The highest BCUT2D eigenvalue weighted by molar-refractivity contribution is 7.99. The Bertz CT molecular complexity index is 844. The third kappa shape index (κ3) is 5.43. The fourth-order valence-electron chi connectivity index (χ4n) is 4.74. The number of hydrogen-bond donors (Lipinski definition) is 1. The zero-order valence-corrected chi connectivity index (χ0v) is 19.9. The highest BCUT2D eigenvalue weighted by Crippen LogP contribution is 2.36. The second-order valence-corrected chi connectivity index (χ2v) is 9.78. The molecule has 2 aliphatic rings. The summed E-state index contributed by atoms with van der Waals surface area (Å²) in [5, 5.41) is 3.01. The topological polar surface area (TPSA) is 73.0 Å². The van der Waals surface area contributed by atoms with Gasteiger partial charge >= 0.3 is 6.03 Å². The van der Waals surface area contributed by atoms with Crippen LogP contribution < -0.4 is 5.32 Å². The Morgan fingerprint density at radius 3 is 2.62 bits per heavy atom. The van der Waals surface area contributed by atoms with E-state index in [0.717, 1.165) is 6.54 Å². The molecule has 2 fully saturated rings. The van der Waals surface area contributed by atoms with Crippen molar-refractivity contribution in [3.05, 3.63) is 35.6 Å². The Morgan fingerprint density at radius 1 is 1.28 bits per heavy atom. The van der Waals surface area contributed by atoms with Crippen molar-refractivity contribution in [2.24, 2.45) is 5.92 Å². The van der Waals surface area contributed by atoms with Gasteiger partial charge < -0.3 is 15.1 Å². The number of amides is 4. The Balaban J connectivity index is 1.82. The SMILES string of the molecule is CSCC(=O)N1CCC([C@@]2(Cc3cccc(F)c3)NC(=O)N(CCCN(C)C)C2=O)CC1. The Kier molecular flexibility index (Phi) is 8.16. The lowest BCUT2D eigenvalue weighted by atomic mass is 9.74. The Morgan fingerprint density at radius 2 is 2.00 bits per heavy atom. The summed E-state index contributed by atoms with van der Waals surface area (Å²) in [4.78, 5) is 44.0. The van der Waals surface area contributed by atoms with E-state index in [2.05, 4.69) is 5.32 Å². The van der Waals surface area contributed by atoms with Gasteiger partial charge in [0, 0.05) is 26.1 Å². The fourth-order valence-corrected chi connectivity index (χ4v) is 5.17. The first-order valence-corrected chi connectivity index (χ1v) is 12.5. The highest BCUT2D eigenvalue weighted by Gasteiger charge is 2.55. The summed E-state index contributed by atoms with van der Waals surface area (Å²) in [6, 6.07) is 5.82. The average Bonchev–Trinajstić information content (AvgIpc) is 2.98. The normalized spacial score (nSPS) is 22.0. The van der Waals surface area contributed by atoms with E-state index in [1.807, 2.05) is 30.2 Å². The predicted octanol–water partition coefficient (Wildman–Crippen LogP) is 2.21. The quantitative estimate of drug-likeness (QED) is 0.568. The summed E-state index contributed by atoms with van der Waals surface area (Å²) < 4.78 is 13.9. The number of rotatable bonds is 9. The van der Waals surface area contributed by atoms with Crippen molar-refractivity contribution in [1.29, 1.82) is 0 Å². The van der Waals surface area contributed by atoms with Gasteiger partial charge in [-0.2, -0.15) is 11.8 Å². The van der Waals surface area contributed by atoms with Gasteiger partial charge in [0.15, 0.2) is 0 Å². The second kappa shape index (κ2) is 10.7. The van der Waals surface area contributed by atoms with E-state index in [9.17, 15) is 18.8 Å². The average molecular weight is 465 g/mol. The molecule has 1 aromatic rings. The Labute approximate surface area is 193 Å². The van der Waals surface area contributed by atoms with Crippen molar-refractivity contribution >= 4 is 29.6 Å². The maximum Gasteiger partial charge on any atom is 0.325 e. The molecule has 0 aromatic heterocycles. The van der Waals surface area contributed by atoms with E-state index in [1.54, 1.807) is 12.1 Å². The lowest BCUT2D eigenvalue weighted by Gasteiger charge is -2.41. The molecular formula is C23H33FN4O3S. The molecule has 1 N–H and O–H groups in total. The molecule has 0 unspecified atom stereocenters. The number of urea groups is 1. The van der Waals surface area contributed by atoms with Gasteiger partial charge in [0.05, 0.1) is 5.75 Å². The highest BCUT2D eigenvalue weighted by atomic mass is 32.2. The summed E-state index contributed by atoms with van der Waals surface area (Å²) in [6.45, 7) is 2.22. The van der Waals surface area contributed by atoms with E-state index in [1.165, 1.54) is 28.8 Å². The first-order chi connectivity index (χ1) is 15.3. The molecule has 2 aliphatic heterocycles. The summed E-state index contributed by atoms with van der Waals surface area (Å²) in [5.74, 6) is -0.190. The first kappa shape index (κ1) is 24.5. The number of thioether (sulfide) groups is 1. The maximum absolute atomic E-state index is 13.9. The molecule has 32 heavy (non-hydrogen) atoms. The third-order valence-electron chi connectivity index (χ3n) is 6.37. The van der Waals surface area contributed by atoms with Crippen molar-refractivity contribution in [3.8, 4) is 0 Å². The fraction of sp³-hybridized carbons (Fsp3) is 0.609. The van der Waals surface area contributed by atoms with Crippen LogP contribution in [0.1, 0.15) is 24.8 Å². The van der Waals surface area contributed by atoms with Crippen LogP contribution in [-0.4, -0.2) is 90.4 Å². The lowest BCUT2D eigenvalue weighted by molar-refractivity contribution is -0.135. The number of piperidine rings is 1. The van der Waals surface area contributed by atoms with Crippen LogP contribution in [0.4, 0.5) is 9.18 Å². The van der Waals surface area contributed by atoms with E-state index in [-0.39, 0.29) is 36.0 Å². The monoisotopic (exact) mass is 464 g/mol. The third-order valence-corrected chi connectivity index (χ3v) is 6.91. The van der Waals surface area contributed by atoms with E-state index < -0.39 is 5.54 Å². The molecule has 2 saturated heterocycles. The lowest BCUT2D eigenvalue weighted by Crippen LogP contribution is -2.58. The van der Waals surface area contributed by atoms with Crippen LogP contribution in [-0.2, 0) is 16.0 Å². The number of hydrogen-bond acceptors (Lipinski definition) is 5. The van der Waals surface area contributed by atoms with Gasteiger partial charge in [0.25, 0.3) is 5.91 Å². The molecule has 7 nitrogen and oxygen atoms in total. The van der Waals surface area contributed by atoms with Crippen LogP contribution in [0, 0.1) is 11.7 Å². The van der Waals surface area contributed by atoms with E-state index >= 15 is 0 Å². The molecule has 0 saturated carbocycles. The largest absolute Gasteiger partial charge is 0.342 e. The number of likely N-dealkylation sites (tertiary alicyclic amines) is 1. The molecule has 1 atom stereocenters. The zero-order valence-electron chi connectivity index (χ0n) is 19.1. The van der Waals surface area contributed by atoms with Gasteiger partial charge in [0.2, 0.25) is 5.91 Å². The smallest absolute Gasteiger partial charge is 0.325 e. The molecule has 0 aliphatic carbocycles. The summed E-state index contributed by atoms with van der Waals surface area (Å²) in [5.41, 5.74) is -0.438. The number of nitrogens with one attached hydrogen (secondary N) is 1. The molecule has 3 rings (SSSR count). The number of benzene rings is 1. The minimum absolute atomic E-state index is 0.0993. The number of halogens is 1. The number of imide groups is 1. The van der Waals surface area contributed by atoms with Gasteiger partial charge in [-0.25, -0.2) is 9.18 Å². The minimum atomic E-state index is -1.11. The summed E-state index contributed by atoms with van der Waals surface area (Å²) in [6.07, 6.45) is 4.06. The van der Waals surface area contributed by atoms with Gasteiger partial charge in [-0.05, 0) is 69.8 Å². The van der Waals surface area contributed by atoms with Crippen molar-refractivity contribution in [1.82, 2.24) is 20.0 Å². The first-order valence-electron chi connectivity index (χ1n) is 11.1. The van der Waals surface area contributed by atoms with Crippen LogP contribution in [0.5, 0.6) is 0 Å². The van der Waals surface area contributed by atoms with Crippen LogP contribution in [0.3, 0.4) is 0 Å². The number of carbonyl (C=O) groups is 3. The maximum atomic E-state index is 13.9. The van der Waals surface area contributed by atoms with Crippen molar-refractivity contribution in [3.63, 3.8) is 0 Å². The summed E-state index contributed by atoms with van der Waals surface area (Å²) in [7, 11) is 3.90. The molecule has 4 amide bonds. The van der Waals surface area contributed by atoms with Crippen molar-refractivity contribution in [2.75, 3.05) is 52.3 Å². The summed E-state index contributed by atoms with van der Waals surface area (Å²) >= 11 is 1.49. The standard InChI is InChI=1S/C23H33FN4O3S/c1-26(2)10-5-11-28-21(30)23(25-22(28)31,15-17-6-4-7-19(24)14-17)18-8-12-27(13-9-18)20(29)16-32-3/h4,6-7,14,18H,5,8-13,15-16H2,1-3H3,(H,25,31)/t23-/m1/s1. The van der Waals surface area contributed by atoms with Gasteiger partial charge in [-0.1, -0.05) is 12.1 Å². The Hall–Kier alpha value is -2.13. The van der Waals surface area contributed by atoms with Crippen molar-refractivity contribution < 1.29 is 18.8 Å². The van der Waals surface area contributed by atoms with Crippen LogP contribution in [0.15, 0.2) is 24.3 Å². The predicted molar refractivity (Wildman–Crippen MR) is 124 cm³/mol. The van der Waals surface area contributed by atoms with E-state index in [4.69, 9.17) is 0 Å². The molecule has 176 valence electrons. The molecular weight excluding hydrogens is 431 g/mol. The number of nitrogens with zero attached hydrogens (tertiary/aromatic N) is 3. The molecule has 9 heteroatoms. The van der Waals surface area contributed by atoms with Crippen LogP contribution in [0.2, 0.25) is 0 Å². The van der Waals surface area contributed by atoms with Crippen molar-refractivity contribution in [2.45, 2.75) is 31.2 Å². The van der Waals surface area contributed by atoms with E-state index in [0.29, 0.717) is 50.2 Å². The molecule has 0 spiro atoms. The second-order valence-electron chi connectivity index (χ2n) is 8.91. The number of carbonyl (C=O) groups excluding carboxylic acids is 3. The molecule has 0 bridgehead atoms. The minimum Gasteiger partial charge on any atom is -0.342 e. The van der Waals surface area contributed by atoms with Gasteiger partial charge in [0.1, 0.15) is 11.4 Å². The zero-order chi connectivity index (χ0) is 23.3. The van der Waals surface area contributed by atoms with Gasteiger partial charge in [-0.3, -0.25) is 14.5 Å². The van der Waals surface area contributed by atoms with Crippen LogP contribution >= 0.6 is 11.8 Å². The molecule has 0 radical (unpaired) electrons. The van der Waals surface area contributed by atoms with Gasteiger partial charge in [-0.15, -0.1) is 0 Å². The van der Waals surface area contributed by atoms with Crippen LogP contribution in [0.25, 0.3) is 0 Å². The molecule has 2 heterocycles. The molecule has 1 aromatic carbocycles.